The predicted octanol–water partition coefficient (Wildman–Crippen LogP) is 3.50. The largest absolute Gasteiger partial charge is 0.320 e. The maximum atomic E-state index is 3.30. The average molecular weight is 256 g/mol. The second-order valence-corrected chi connectivity index (χ2v) is 5.37. The molecule has 0 spiro atoms. The van der Waals surface area contributed by atoms with Crippen LogP contribution in [0.25, 0.3) is 5.70 Å². The third-order valence-corrected chi connectivity index (χ3v) is 4.17. The Morgan fingerprint density at radius 1 is 1.17 bits per heavy atom. The van der Waals surface area contributed by atoms with Gasteiger partial charge in [0, 0.05) is 4.88 Å². The van der Waals surface area contributed by atoms with Crippen molar-refractivity contribution in [3.8, 4) is 0 Å². The highest BCUT2D eigenvalue weighted by Crippen LogP contribution is 2.27. The molecule has 1 aromatic heterocycles. The normalized spacial score (nSPS) is 18.5. The van der Waals surface area contributed by atoms with Crippen LogP contribution in [0.3, 0.4) is 0 Å². The van der Waals surface area contributed by atoms with Gasteiger partial charge in [-0.3, -0.25) is 0 Å². The molecule has 3 rings (SSSR count). The van der Waals surface area contributed by atoms with Crippen LogP contribution in [0.5, 0.6) is 0 Å². The van der Waals surface area contributed by atoms with Crippen molar-refractivity contribution in [2.75, 3.05) is 0 Å². The molecule has 0 saturated heterocycles. The molecule has 2 nitrogen and oxygen atoms in total. The van der Waals surface area contributed by atoms with Gasteiger partial charge in [-0.25, -0.2) is 5.43 Å². The smallest absolute Gasteiger partial charge is 0.0806 e. The molecule has 0 amide bonds. The minimum Gasteiger partial charge on any atom is -0.320 e. The summed E-state index contributed by atoms with van der Waals surface area (Å²) in [6.45, 7) is 2.18. The Bertz CT molecular complexity index is 540. The van der Waals surface area contributed by atoms with Crippen LogP contribution < -0.4 is 10.9 Å². The van der Waals surface area contributed by atoms with Crippen molar-refractivity contribution in [2.45, 2.75) is 19.4 Å². The van der Waals surface area contributed by atoms with E-state index in [2.05, 4.69) is 65.6 Å². The summed E-state index contributed by atoms with van der Waals surface area (Å²) in [5, 5.41) is 2.11. The van der Waals surface area contributed by atoms with E-state index in [0.717, 1.165) is 12.1 Å². The summed E-state index contributed by atoms with van der Waals surface area (Å²) < 4.78 is 0. The zero-order valence-electron chi connectivity index (χ0n) is 10.3. The lowest BCUT2D eigenvalue weighted by atomic mass is 10.1. The molecule has 0 aliphatic carbocycles. The SMILES string of the molecule is CCc1ccc(C2=CC(c3cccs3)NN2)cc1. The highest BCUT2D eigenvalue weighted by molar-refractivity contribution is 7.10. The second-order valence-electron chi connectivity index (χ2n) is 4.39. The molecule has 92 valence electrons. The second kappa shape index (κ2) is 4.96. The monoisotopic (exact) mass is 256 g/mol. The fourth-order valence-electron chi connectivity index (χ4n) is 2.12. The molecular formula is C15H16N2S. The summed E-state index contributed by atoms with van der Waals surface area (Å²) in [5.41, 5.74) is 10.3. The van der Waals surface area contributed by atoms with Gasteiger partial charge in [0.25, 0.3) is 0 Å². The molecule has 1 atom stereocenters. The summed E-state index contributed by atoms with van der Waals surface area (Å²) in [4.78, 5) is 1.34. The van der Waals surface area contributed by atoms with Crippen molar-refractivity contribution in [3.05, 3.63) is 63.9 Å². The molecule has 2 N–H and O–H groups in total. The van der Waals surface area contributed by atoms with E-state index in [-0.39, 0.29) is 6.04 Å². The summed E-state index contributed by atoms with van der Waals surface area (Å²) in [6.07, 6.45) is 3.33. The number of nitrogens with one attached hydrogen (secondary N) is 2. The van der Waals surface area contributed by atoms with E-state index in [9.17, 15) is 0 Å². The van der Waals surface area contributed by atoms with Crippen molar-refractivity contribution in [2.24, 2.45) is 0 Å². The Morgan fingerprint density at radius 2 is 2.00 bits per heavy atom. The molecule has 18 heavy (non-hydrogen) atoms. The van der Waals surface area contributed by atoms with E-state index >= 15 is 0 Å². The van der Waals surface area contributed by atoms with Crippen molar-refractivity contribution < 1.29 is 0 Å². The van der Waals surface area contributed by atoms with Gasteiger partial charge in [0.05, 0.1) is 11.7 Å². The van der Waals surface area contributed by atoms with Gasteiger partial charge in [0.2, 0.25) is 0 Å². The van der Waals surface area contributed by atoms with Crippen LogP contribution in [0.4, 0.5) is 0 Å². The first-order valence-corrected chi connectivity index (χ1v) is 7.11. The quantitative estimate of drug-likeness (QED) is 0.878. The summed E-state index contributed by atoms with van der Waals surface area (Å²) in [6, 6.07) is 13.3. The molecule has 2 aromatic rings. The number of thiophene rings is 1. The Morgan fingerprint density at radius 3 is 2.67 bits per heavy atom. The van der Waals surface area contributed by atoms with Crippen LogP contribution in [0.15, 0.2) is 47.9 Å². The van der Waals surface area contributed by atoms with Gasteiger partial charge < -0.3 is 5.43 Å². The van der Waals surface area contributed by atoms with Gasteiger partial charge in [-0.05, 0) is 35.1 Å². The van der Waals surface area contributed by atoms with Crippen LogP contribution in [-0.2, 0) is 6.42 Å². The molecule has 2 heterocycles. The number of benzene rings is 1. The first kappa shape index (κ1) is 11.5. The lowest BCUT2D eigenvalue weighted by molar-refractivity contribution is 0.623. The number of hydrogen-bond donors (Lipinski definition) is 2. The van der Waals surface area contributed by atoms with Crippen LogP contribution in [0.2, 0.25) is 0 Å². The average Bonchev–Trinajstić information content (AvgIpc) is 3.09. The minimum atomic E-state index is 0.283. The third kappa shape index (κ3) is 2.19. The summed E-state index contributed by atoms with van der Waals surface area (Å²) in [7, 11) is 0. The highest BCUT2D eigenvalue weighted by atomic mass is 32.1. The van der Waals surface area contributed by atoms with Crippen molar-refractivity contribution in [3.63, 3.8) is 0 Å². The Labute approximate surface area is 111 Å². The zero-order chi connectivity index (χ0) is 12.4. The maximum absolute atomic E-state index is 3.30. The van der Waals surface area contributed by atoms with E-state index in [4.69, 9.17) is 0 Å². The van der Waals surface area contributed by atoms with E-state index in [1.165, 1.54) is 16.0 Å². The maximum Gasteiger partial charge on any atom is 0.0806 e. The lowest BCUT2D eigenvalue weighted by Gasteiger charge is -2.06. The first-order valence-electron chi connectivity index (χ1n) is 6.23. The zero-order valence-corrected chi connectivity index (χ0v) is 11.1. The van der Waals surface area contributed by atoms with Crippen molar-refractivity contribution >= 4 is 17.0 Å². The molecule has 0 saturated carbocycles. The van der Waals surface area contributed by atoms with Gasteiger partial charge >= 0.3 is 0 Å². The third-order valence-electron chi connectivity index (χ3n) is 3.22. The Hall–Kier alpha value is -1.58. The number of hydrogen-bond acceptors (Lipinski definition) is 3. The fourth-order valence-corrected chi connectivity index (χ4v) is 2.86. The van der Waals surface area contributed by atoms with Gasteiger partial charge in [-0.15, -0.1) is 11.3 Å². The molecule has 3 heteroatoms. The van der Waals surface area contributed by atoms with Crippen LogP contribution in [0, 0.1) is 0 Å². The molecule has 1 aliphatic rings. The lowest BCUT2D eigenvalue weighted by Crippen LogP contribution is -2.25. The van der Waals surface area contributed by atoms with Crippen molar-refractivity contribution in [1.82, 2.24) is 10.9 Å². The minimum absolute atomic E-state index is 0.283. The molecule has 0 bridgehead atoms. The molecule has 1 unspecified atom stereocenters. The van der Waals surface area contributed by atoms with Crippen LogP contribution in [-0.4, -0.2) is 0 Å². The summed E-state index contributed by atoms with van der Waals surface area (Å²) >= 11 is 1.78. The Balaban J connectivity index is 1.82. The molecule has 1 aliphatic heterocycles. The fraction of sp³-hybridized carbons (Fsp3) is 0.200. The molecular weight excluding hydrogens is 240 g/mol. The Kier molecular flexibility index (Phi) is 3.17. The summed E-state index contributed by atoms with van der Waals surface area (Å²) in [5.74, 6) is 0. The standard InChI is InChI=1S/C15H16N2S/c1-2-11-5-7-12(8-6-11)13-10-14(17-16-13)15-4-3-9-18-15/h3-10,14,16-17H,2H2,1H3. The van der Waals surface area contributed by atoms with E-state index in [1.807, 2.05) is 0 Å². The number of aryl methyl sites for hydroxylation is 1. The number of rotatable bonds is 3. The molecule has 1 aromatic carbocycles. The van der Waals surface area contributed by atoms with E-state index in [1.54, 1.807) is 11.3 Å². The van der Waals surface area contributed by atoms with Crippen LogP contribution >= 0.6 is 11.3 Å². The first-order chi connectivity index (χ1) is 8.86. The highest BCUT2D eigenvalue weighted by Gasteiger charge is 2.17. The van der Waals surface area contributed by atoms with Gasteiger partial charge in [-0.1, -0.05) is 37.3 Å². The van der Waals surface area contributed by atoms with E-state index in [0.29, 0.717) is 0 Å². The van der Waals surface area contributed by atoms with Gasteiger partial charge in [0.1, 0.15) is 0 Å². The van der Waals surface area contributed by atoms with Crippen LogP contribution in [0.1, 0.15) is 29.0 Å². The predicted molar refractivity (Wildman–Crippen MR) is 77.1 cm³/mol. The van der Waals surface area contributed by atoms with Gasteiger partial charge in [-0.2, -0.15) is 0 Å². The molecule has 0 fully saturated rings. The topological polar surface area (TPSA) is 24.1 Å². The van der Waals surface area contributed by atoms with E-state index < -0.39 is 0 Å². The van der Waals surface area contributed by atoms with Gasteiger partial charge in [0.15, 0.2) is 0 Å². The molecule has 0 radical (unpaired) electrons. The number of hydrazine groups is 1. The van der Waals surface area contributed by atoms with Crippen molar-refractivity contribution in [1.29, 1.82) is 0 Å².